The first-order valence-corrected chi connectivity index (χ1v) is 15.4. The number of rotatable bonds is 25. The van der Waals surface area contributed by atoms with Crippen molar-refractivity contribution in [2.24, 2.45) is 5.92 Å². The predicted octanol–water partition coefficient (Wildman–Crippen LogP) is 10.8. The summed E-state index contributed by atoms with van der Waals surface area (Å²) in [6.45, 7) is 7.07. The summed E-state index contributed by atoms with van der Waals surface area (Å²) in [5.41, 5.74) is 0. The van der Waals surface area contributed by atoms with Crippen LogP contribution in [0.15, 0.2) is 36.5 Å². The Hall–Kier alpha value is -1.84. The zero-order valence-electron chi connectivity index (χ0n) is 24.5. The standard InChI is InChI=1S/C33H58O4/c1-4-5-6-7-8-9-10-11-12-13-14-17-20-23-26-29-32(34)37-33(35)36-30-27-24-21-18-15-16-19-22-25-28-31(2)3/h5-6,8-9,11-12,31H,4,7,10,13-30H2,1-3H3/b6-5-,9-8-,12-11-. The minimum Gasteiger partial charge on any atom is -0.434 e. The van der Waals surface area contributed by atoms with Crippen molar-refractivity contribution in [1.29, 1.82) is 0 Å². The van der Waals surface area contributed by atoms with Gasteiger partial charge in [-0.1, -0.05) is 134 Å². The molecule has 0 fully saturated rings. The lowest BCUT2D eigenvalue weighted by molar-refractivity contribution is -0.139. The third kappa shape index (κ3) is 30.3. The average Bonchev–Trinajstić information content (AvgIpc) is 2.86. The van der Waals surface area contributed by atoms with Crippen LogP contribution >= 0.6 is 0 Å². The Morgan fingerprint density at radius 1 is 0.622 bits per heavy atom. The van der Waals surface area contributed by atoms with Crippen molar-refractivity contribution in [2.45, 2.75) is 149 Å². The van der Waals surface area contributed by atoms with Gasteiger partial charge in [-0.25, -0.2) is 4.79 Å². The summed E-state index contributed by atoms with van der Waals surface area (Å²) in [5.74, 6) is 0.353. The van der Waals surface area contributed by atoms with Crippen molar-refractivity contribution in [3.8, 4) is 0 Å². The highest BCUT2D eigenvalue weighted by Gasteiger charge is 2.11. The molecule has 4 heteroatoms. The Morgan fingerprint density at radius 2 is 1.14 bits per heavy atom. The SMILES string of the molecule is CC/C=C\C/C=C\C/C=C\CCCCCCCC(=O)OC(=O)OCCCCCCCCCCCC(C)C. The number of carbonyl (C=O) groups excluding carboxylic acids is 2. The summed E-state index contributed by atoms with van der Waals surface area (Å²) >= 11 is 0. The lowest BCUT2D eigenvalue weighted by Crippen LogP contribution is -2.14. The second kappa shape index (κ2) is 28.7. The summed E-state index contributed by atoms with van der Waals surface area (Å²) in [5, 5.41) is 0. The van der Waals surface area contributed by atoms with Crippen molar-refractivity contribution in [2.75, 3.05) is 6.61 Å². The van der Waals surface area contributed by atoms with Crippen molar-refractivity contribution in [3.05, 3.63) is 36.5 Å². The highest BCUT2D eigenvalue weighted by atomic mass is 16.7. The zero-order valence-corrected chi connectivity index (χ0v) is 24.5. The average molecular weight is 519 g/mol. The van der Waals surface area contributed by atoms with E-state index in [1.54, 1.807) is 0 Å². The molecule has 0 aliphatic rings. The zero-order chi connectivity index (χ0) is 27.2. The molecule has 214 valence electrons. The Balaban J connectivity index is 3.40. The fraction of sp³-hybridized carbons (Fsp3) is 0.758. The molecule has 0 radical (unpaired) electrons. The van der Waals surface area contributed by atoms with Gasteiger partial charge >= 0.3 is 12.1 Å². The van der Waals surface area contributed by atoms with Crippen LogP contribution in [0.4, 0.5) is 4.79 Å². The lowest BCUT2D eigenvalue weighted by atomic mass is 10.0. The quantitative estimate of drug-likeness (QED) is 0.0522. The fourth-order valence-electron chi connectivity index (χ4n) is 4.11. The molecule has 0 unspecified atom stereocenters. The van der Waals surface area contributed by atoms with Crippen LogP contribution in [0.1, 0.15) is 149 Å². The van der Waals surface area contributed by atoms with Crippen LogP contribution < -0.4 is 0 Å². The van der Waals surface area contributed by atoms with Crippen molar-refractivity contribution in [1.82, 2.24) is 0 Å². The molecule has 0 rings (SSSR count). The number of esters is 1. The van der Waals surface area contributed by atoms with E-state index in [-0.39, 0.29) is 6.42 Å². The van der Waals surface area contributed by atoms with Crippen molar-refractivity contribution >= 4 is 12.1 Å². The van der Waals surface area contributed by atoms with Crippen LogP contribution in [0.25, 0.3) is 0 Å². The summed E-state index contributed by atoms with van der Waals surface area (Å²) in [4.78, 5) is 23.4. The molecule has 0 aliphatic heterocycles. The molecule has 0 aliphatic carbocycles. The molecule has 0 bridgehead atoms. The van der Waals surface area contributed by atoms with Crippen LogP contribution in [0.2, 0.25) is 0 Å². The molecule has 0 aromatic carbocycles. The highest BCUT2D eigenvalue weighted by molar-refractivity contribution is 5.81. The van der Waals surface area contributed by atoms with E-state index in [0.717, 1.165) is 70.1 Å². The molecule has 0 aromatic heterocycles. The molecule has 0 saturated heterocycles. The topological polar surface area (TPSA) is 52.6 Å². The monoisotopic (exact) mass is 518 g/mol. The predicted molar refractivity (Wildman–Crippen MR) is 158 cm³/mol. The molecule has 0 N–H and O–H groups in total. The Kier molecular flexibility index (Phi) is 27.3. The van der Waals surface area contributed by atoms with E-state index in [9.17, 15) is 9.59 Å². The summed E-state index contributed by atoms with van der Waals surface area (Å²) in [7, 11) is 0. The summed E-state index contributed by atoms with van der Waals surface area (Å²) < 4.78 is 9.79. The number of allylic oxidation sites excluding steroid dienone is 6. The van der Waals surface area contributed by atoms with E-state index in [1.807, 2.05) is 0 Å². The minimum atomic E-state index is -0.842. The van der Waals surface area contributed by atoms with E-state index in [1.165, 1.54) is 57.8 Å². The number of unbranched alkanes of at least 4 members (excludes halogenated alkanes) is 13. The number of ether oxygens (including phenoxy) is 2. The molecular weight excluding hydrogens is 460 g/mol. The molecule has 37 heavy (non-hydrogen) atoms. The Labute approximate surface area is 229 Å². The smallest absolute Gasteiger partial charge is 0.434 e. The van der Waals surface area contributed by atoms with Gasteiger partial charge in [-0.2, -0.15) is 0 Å². The van der Waals surface area contributed by atoms with Crippen molar-refractivity contribution in [3.63, 3.8) is 0 Å². The maximum absolute atomic E-state index is 11.8. The summed E-state index contributed by atoms with van der Waals surface area (Å²) in [6.07, 6.45) is 34.5. The first-order chi connectivity index (χ1) is 18.1. The van der Waals surface area contributed by atoms with Gasteiger partial charge in [0.05, 0.1) is 6.61 Å². The van der Waals surface area contributed by atoms with E-state index in [4.69, 9.17) is 9.47 Å². The number of hydrogen-bond acceptors (Lipinski definition) is 4. The molecular formula is C33H58O4. The van der Waals surface area contributed by atoms with Gasteiger partial charge in [0, 0.05) is 6.42 Å². The second-order valence-electron chi connectivity index (χ2n) is 10.5. The van der Waals surface area contributed by atoms with Crippen LogP contribution in [-0.2, 0) is 14.3 Å². The third-order valence-electron chi connectivity index (χ3n) is 6.37. The van der Waals surface area contributed by atoms with Crippen LogP contribution in [0.5, 0.6) is 0 Å². The van der Waals surface area contributed by atoms with Crippen LogP contribution in [-0.4, -0.2) is 18.7 Å². The van der Waals surface area contributed by atoms with Gasteiger partial charge in [-0.05, 0) is 50.9 Å². The maximum Gasteiger partial charge on any atom is 0.516 e. The van der Waals surface area contributed by atoms with E-state index in [0.29, 0.717) is 6.61 Å². The number of carbonyl (C=O) groups is 2. The van der Waals surface area contributed by atoms with Gasteiger partial charge in [0.2, 0.25) is 0 Å². The molecule has 0 spiro atoms. The third-order valence-corrected chi connectivity index (χ3v) is 6.37. The van der Waals surface area contributed by atoms with Gasteiger partial charge < -0.3 is 9.47 Å². The normalized spacial score (nSPS) is 11.9. The van der Waals surface area contributed by atoms with Gasteiger partial charge in [0.25, 0.3) is 0 Å². The van der Waals surface area contributed by atoms with Gasteiger partial charge in [-0.3, -0.25) is 4.79 Å². The second-order valence-corrected chi connectivity index (χ2v) is 10.5. The molecule has 0 heterocycles. The van der Waals surface area contributed by atoms with E-state index >= 15 is 0 Å². The van der Waals surface area contributed by atoms with E-state index < -0.39 is 12.1 Å². The molecule has 0 saturated carbocycles. The minimum absolute atomic E-state index is 0.284. The molecule has 0 amide bonds. The number of hydrogen-bond donors (Lipinski definition) is 0. The fourth-order valence-corrected chi connectivity index (χ4v) is 4.11. The maximum atomic E-state index is 11.8. The largest absolute Gasteiger partial charge is 0.516 e. The van der Waals surface area contributed by atoms with Crippen molar-refractivity contribution < 1.29 is 19.1 Å². The molecule has 0 aromatic rings. The summed E-state index contributed by atoms with van der Waals surface area (Å²) in [6, 6.07) is 0. The first-order valence-electron chi connectivity index (χ1n) is 15.4. The molecule has 0 atom stereocenters. The Bertz CT molecular complexity index is 603. The van der Waals surface area contributed by atoms with Gasteiger partial charge in [-0.15, -0.1) is 0 Å². The molecule has 4 nitrogen and oxygen atoms in total. The van der Waals surface area contributed by atoms with Crippen LogP contribution in [0, 0.1) is 5.92 Å². The Morgan fingerprint density at radius 3 is 1.76 bits per heavy atom. The van der Waals surface area contributed by atoms with Gasteiger partial charge in [0.1, 0.15) is 0 Å². The highest BCUT2D eigenvalue weighted by Crippen LogP contribution is 2.13. The first kappa shape index (κ1) is 35.2. The van der Waals surface area contributed by atoms with E-state index in [2.05, 4.69) is 57.2 Å². The lowest BCUT2D eigenvalue weighted by Gasteiger charge is -2.06. The van der Waals surface area contributed by atoms with Gasteiger partial charge in [0.15, 0.2) is 0 Å². The van der Waals surface area contributed by atoms with Crippen LogP contribution in [0.3, 0.4) is 0 Å².